The maximum Gasteiger partial charge on any atom is 0.243 e. The molecule has 0 N–H and O–H groups in total. The smallest absolute Gasteiger partial charge is 0.243 e. The van der Waals surface area contributed by atoms with E-state index in [0.717, 1.165) is 34.7 Å². The molecule has 2 aromatic rings. The summed E-state index contributed by atoms with van der Waals surface area (Å²) in [6, 6.07) is 8.78. The maximum absolute atomic E-state index is 12.9. The Morgan fingerprint density at radius 3 is 2.73 bits per heavy atom. The van der Waals surface area contributed by atoms with Crippen molar-refractivity contribution in [3.05, 3.63) is 47.3 Å². The minimum Gasteiger partial charge on any atom is -0.361 e. The van der Waals surface area contributed by atoms with Crippen LogP contribution < -0.4 is 4.31 Å². The van der Waals surface area contributed by atoms with Gasteiger partial charge < -0.3 is 9.42 Å². The second-order valence-electron chi connectivity index (χ2n) is 6.72. The summed E-state index contributed by atoms with van der Waals surface area (Å²) in [6.45, 7) is 4.05. The molecule has 1 fully saturated rings. The summed E-state index contributed by atoms with van der Waals surface area (Å²) >= 11 is 0. The van der Waals surface area contributed by atoms with Crippen LogP contribution in [-0.2, 0) is 14.8 Å². The Morgan fingerprint density at radius 1 is 1.35 bits per heavy atom. The summed E-state index contributed by atoms with van der Waals surface area (Å²) in [5, 5.41) is 4.03. The first kappa shape index (κ1) is 18.4. The summed E-state index contributed by atoms with van der Waals surface area (Å²) < 4.78 is 30.8. The van der Waals surface area contributed by atoms with E-state index >= 15 is 0 Å². The number of sulfonamides is 1. The predicted molar refractivity (Wildman–Crippen MR) is 98.3 cm³/mol. The topological polar surface area (TPSA) is 83.7 Å². The summed E-state index contributed by atoms with van der Waals surface area (Å²) in [6.07, 6.45) is 2.76. The zero-order valence-electron chi connectivity index (χ0n) is 15.2. The van der Waals surface area contributed by atoms with Gasteiger partial charge in [-0.05, 0) is 44.4 Å². The van der Waals surface area contributed by atoms with E-state index < -0.39 is 10.0 Å². The van der Waals surface area contributed by atoms with Crippen LogP contribution in [0.2, 0.25) is 0 Å². The third-order valence-corrected chi connectivity index (χ3v) is 5.67. The van der Waals surface area contributed by atoms with Crippen molar-refractivity contribution in [2.75, 3.05) is 23.7 Å². The van der Waals surface area contributed by atoms with E-state index in [0.29, 0.717) is 18.0 Å². The largest absolute Gasteiger partial charge is 0.361 e. The highest BCUT2D eigenvalue weighted by Gasteiger charge is 2.34. The standard InChI is InChI=1S/C18H23N3O4S/c1-13-6-4-7-15(10-13)21(26(3,23)24)12-18(22)20-9-5-8-17(20)16-11-14(2)25-19-16/h4,6-7,10-11,17H,5,8-9,12H2,1-3H3. The van der Waals surface area contributed by atoms with Gasteiger partial charge in [0.05, 0.1) is 18.0 Å². The number of anilines is 1. The first-order valence-corrected chi connectivity index (χ1v) is 10.4. The van der Waals surface area contributed by atoms with Crippen molar-refractivity contribution in [2.24, 2.45) is 0 Å². The number of aryl methyl sites for hydroxylation is 2. The number of carbonyl (C=O) groups is 1. The molecule has 0 aliphatic carbocycles. The van der Waals surface area contributed by atoms with Gasteiger partial charge >= 0.3 is 0 Å². The molecule has 0 bridgehead atoms. The van der Waals surface area contributed by atoms with Crippen molar-refractivity contribution < 1.29 is 17.7 Å². The van der Waals surface area contributed by atoms with Crippen molar-refractivity contribution in [1.82, 2.24) is 10.1 Å². The number of nitrogens with zero attached hydrogens (tertiary/aromatic N) is 3. The molecular formula is C18H23N3O4S. The fraction of sp³-hybridized carbons (Fsp3) is 0.444. The molecule has 1 saturated heterocycles. The maximum atomic E-state index is 12.9. The van der Waals surface area contributed by atoms with Crippen LogP contribution in [0.5, 0.6) is 0 Å². The third-order valence-electron chi connectivity index (χ3n) is 4.53. The second-order valence-corrected chi connectivity index (χ2v) is 8.62. The van der Waals surface area contributed by atoms with Crippen LogP contribution in [0, 0.1) is 13.8 Å². The molecule has 1 unspecified atom stereocenters. The van der Waals surface area contributed by atoms with Crippen LogP contribution in [0.1, 0.15) is 35.9 Å². The normalized spacial score (nSPS) is 17.5. The number of likely N-dealkylation sites (tertiary alicyclic amines) is 1. The van der Waals surface area contributed by atoms with Gasteiger partial charge in [-0.2, -0.15) is 0 Å². The number of amides is 1. The average Bonchev–Trinajstić information content (AvgIpc) is 3.19. The number of carbonyl (C=O) groups excluding carboxylic acids is 1. The van der Waals surface area contributed by atoms with Crippen LogP contribution >= 0.6 is 0 Å². The average molecular weight is 377 g/mol. The highest BCUT2D eigenvalue weighted by Crippen LogP contribution is 2.32. The number of hydrogen-bond acceptors (Lipinski definition) is 5. The number of hydrogen-bond donors (Lipinski definition) is 0. The summed E-state index contributed by atoms with van der Waals surface area (Å²) in [5.41, 5.74) is 2.14. The molecule has 1 amide bonds. The predicted octanol–water partition coefficient (Wildman–Crippen LogP) is 2.42. The van der Waals surface area contributed by atoms with Crippen molar-refractivity contribution in [3.8, 4) is 0 Å². The molecule has 140 valence electrons. The van der Waals surface area contributed by atoms with E-state index in [9.17, 15) is 13.2 Å². The molecule has 2 heterocycles. The lowest BCUT2D eigenvalue weighted by molar-refractivity contribution is -0.130. The van der Waals surface area contributed by atoms with Gasteiger partial charge in [-0.15, -0.1) is 0 Å². The molecule has 3 rings (SSSR count). The Bertz CT molecular complexity index is 907. The van der Waals surface area contributed by atoms with Crippen molar-refractivity contribution in [2.45, 2.75) is 32.7 Å². The van der Waals surface area contributed by atoms with Crippen LogP contribution in [0.3, 0.4) is 0 Å². The van der Waals surface area contributed by atoms with E-state index in [2.05, 4.69) is 5.16 Å². The fourth-order valence-corrected chi connectivity index (χ4v) is 4.15. The highest BCUT2D eigenvalue weighted by atomic mass is 32.2. The Labute approximate surface area is 153 Å². The molecular weight excluding hydrogens is 354 g/mol. The number of aromatic nitrogens is 1. The van der Waals surface area contributed by atoms with Crippen LogP contribution in [-0.4, -0.2) is 43.7 Å². The van der Waals surface area contributed by atoms with Gasteiger partial charge in [0.25, 0.3) is 0 Å². The van der Waals surface area contributed by atoms with Crippen LogP contribution in [0.15, 0.2) is 34.9 Å². The van der Waals surface area contributed by atoms with Crippen molar-refractivity contribution in [1.29, 1.82) is 0 Å². The molecule has 1 aromatic carbocycles. The van der Waals surface area contributed by atoms with Gasteiger partial charge in [0.1, 0.15) is 18.0 Å². The lowest BCUT2D eigenvalue weighted by Crippen LogP contribution is -2.42. The molecule has 1 atom stereocenters. The van der Waals surface area contributed by atoms with E-state index in [1.807, 2.05) is 19.1 Å². The zero-order valence-corrected chi connectivity index (χ0v) is 16.0. The Balaban J connectivity index is 1.83. The first-order chi connectivity index (χ1) is 12.3. The summed E-state index contributed by atoms with van der Waals surface area (Å²) in [4.78, 5) is 14.6. The Kier molecular flexibility index (Phi) is 5.04. The zero-order chi connectivity index (χ0) is 18.9. The molecule has 1 aromatic heterocycles. The molecule has 0 radical (unpaired) electrons. The molecule has 1 aliphatic rings. The minimum absolute atomic E-state index is 0.168. The minimum atomic E-state index is -3.59. The second kappa shape index (κ2) is 7.11. The molecule has 1 aliphatic heterocycles. The molecule has 8 heteroatoms. The van der Waals surface area contributed by atoms with E-state index in [1.165, 1.54) is 0 Å². The van der Waals surface area contributed by atoms with E-state index in [-0.39, 0.29) is 18.5 Å². The van der Waals surface area contributed by atoms with Gasteiger partial charge in [-0.3, -0.25) is 9.10 Å². The number of rotatable bonds is 5. The Morgan fingerprint density at radius 2 is 2.12 bits per heavy atom. The number of benzene rings is 1. The Hall–Kier alpha value is -2.35. The van der Waals surface area contributed by atoms with Crippen LogP contribution in [0.25, 0.3) is 0 Å². The van der Waals surface area contributed by atoms with Gasteiger partial charge in [-0.25, -0.2) is 8.42 Å². The van der Waals surface area contributed by atoms with E-state index in [1.54, 1.807) is 30.0 Å². The summed E-state index contributed by atoms with van der Waals surface area (Å²) in [7, 11) is -3.59. The fourth-order valence-electron chi connectivity index (χ4n) is 3.31. The van der Waals surface area contributed by atoms with Crippen LogP contribution in [0.4, 0.5) is 5.69 Å². The van der Waals surface area contributed by atoms with Gasteiger partial charge in [0.15, 0.2) is 0 Å². The monoisotopic (exact) mass is 377 g/mol. The molecule has 0 saturated carbocycles. The van der Waals surface area contributed by atoms with Crippen molar-refractivity contribution in [3.63, 3.8) is 0 Å². The third kappa shape index (κ3) is 3.90. The quantitative estimate of drug-likeness (QED) is 0.799. The lowest BCUT2D eigenvalue weighted by Gasteiger charge is -2.28. The van der Waals surface area contributed by atoms with E-state index in [4.69, 9.17) is 4.52 Å². The molecule has 0 spiro atoms. The SMILES string of the molecule is Cc1cccc(N(CC(=O)N2CCCC2c2cc(C)on2)S(C)(=O)=O)c1. The van der Waals surface area contributed by atoms with Gasteiger partial charge in [-0.1, -0.05) is 17.3 Å². The van der Waals surface area contributed by atoms with Gasteiger partial charge in [0, 0.05) is 12.6 Å². The first-order valence-electron chi connectivity index (χ1n) is 8.53. The highest BCUT2D eigenvalue weighted by molar-refractivity contribution is 7.92. The van der Waals surface area contributed by atoms with Gasteiger partial charge in [0.2, 0.25) is 15.9 Å². The molecule has 26 heavy (non-hydrogen) atoms. The summed E-state index contributed by atoms with van der Waals surface area (Å²) in [5.74, 6) is 0.455. The lowest BCUT2D eigenvalue weighted by atomic mass is 10.1. The van der Waals surface area contributed by atoms with Crippen molar-refractivity contribution >= 4 is 21.6 Å². The molecule has 7 nitrogen and oxygen atoms in total.